The van der Waals surface area contributed by atoms with Crippen molar-refractivity contribution in [3.63, 3.8) is 0 Å². The summed E-state index contributed by atoms with van der Waals surface area (Å²) in [5, 5.41) is 9.00. The van der Waals surface area contributed by atoms with Gasteiger partial charge in [-0.15, -0.1) is 0 Å². The predicted octanol–water partition coefficient (Wildman–Crippen LogP) is 3.43. The Balaban J connectivity index is 1.53. The molecule has 1 aliphatic rings. The summed E-state index contributed by atoms with van der Waals surface area (Å²) in [6.45, 7) is 3.33. The maximum absolute atomic E-state index is 12.6. The van der Waals surface area contributed by atoms with E-state index in [1.807, 2.05) is 48.4 Å². The van der Waals surface area contributed by atoms with Crippen LogP contribution in [0.4, 0.5) is 0 Å². The van der Waals surface area contributed by atoms with Crippen LogP contribution in [0.15, 0.2) is 60.8 Å². The van der Waals surface area contributed by atoms with Crippen LogP contribution >= 0.6 is 0 Å². The van der Waals surface area contributed by atoms with Crippen LogP contribution in [0, 0.1) is 18.3 Å². The molecule has 5 heteroatoms. The zero-order valence-corrected chi connectivity index (χ0v) is 14.5. The van der Waals surface area contributed by atoms with Crippen molar-refractivity contribution in [1.82, 2.24) is 14.5 Å². The smallest absolute Gasteiger partial charge is 0.254 e. The van der Waals surface area contributed by atoms with E-state index in [0.29, 0.717) is 24.2 Å². The Morgan fingerprint density at radius 3 is 2.65 bits per heavy atom. The molecule has 5 nitrogen and oxygen atoms in total. The Bertz CT molecular complexity index is 994. The van der Waals surface area contributed by atoms with Gasteiger partial charge in [-0.25, -0.2) is 4.98 Å². The van der Waals surface area contributed by atoms with Gasteiger partial charge in [-0.1, -0.05) is 36.4 Å². The van der Waals surface area contributed by atoms with E-state index >= 15 is 0 Å². The molecule has 1 fully saturated rings. The Morgan fingerprint density at radius 2 is 1.92 bits per heavy atom. The van der Waals surface area contributed by atoms with Crippen LogP contribution in [-0.2, 0) is 0 Å². The maximum atomic E-state index is 12.6. The molecule has 0 unspecified atom stereocenters. The number of hydrogen-bond donors (Lipinski definition) is 0. The number of rotatable bonds is 3. The highest BCUT2D eigenvalue weighted by Gasteiger charge is 2.34. The van der Waals surface area contributed by atoms with E-state index in [9.17, 15) is 4.79 Å². The fourth-order valence-electron chi connectivity index (χ4n) is 3.40. The van der Waals surface area contributed by atoms with Crippen LogP contribution in [0.25, 0.3) is 11.4 Å². The number of likely N-dealkylation sites (tertiary alicyclic amines) is 1. The first-order valence-corrected chi connectivity index (χ1v) is 8.56. The van der Waals surface area contributed by atoms with E-state index in [1.54, 1.807) is 24.3 Å². The van der Waals surface area contributed by atoms with Crippen molar-refractivity contribution in [1.29, 1.82) is 5.26 Å². The number of hydrogen-bond acceptors (Lipinski definition) is 3. The maximum Gasteiger partial charge on any atom is 0.254 e. The standard InChI is InChI=1S/C21H18N4O/c1-15-12-23-20(17-7-3-2-4-8-17)25(15)19-13-24(14-19)21(26)18-9-5-6-16(10-18)11-22/h2-10,12,19H,13-14H2,1H3. The minimum absolute atomic E-state index is 0.0302. The third-order valence-corrected chi connectivity index (χ3v) is 4.77. The van der Waals surface area contributed by atoms with Crippen LogP contribution in [0.5, 0.6) is 0 Å². The molecule has 4 rings (SSSR count). The molecule has 3 aromatic rings. The summed E-state index contributed by atoms with van der Waals surface area (Å²) in [4.78, 5) is 19.0. The number of carbonyl (C=O) groups excluding carboxylic acids is 1. The lowest BCUT2D eigenvalue weighted by molar-refractivity contribution is 0.0520. The molecular formula is C21H18N4O. The van der Waals surface area contributed by atoms with Gasteiger partial charge in [-0.05, 0) is 25.1 Å². The molecule has 2 aromatic carbocycles. The molecule has 1 amide bonds. The van der Waals surface area contributed by atoms with E-state index in [1.165, 1.54) is 0 Å². The van der Waals surface area contributed by atoms with Gasteiger partial charge in [-0.2, -0.15) is 5.26 Å². The van der Waals surface area contributed by atoms with Crippen molar-refractivity contribution in [2.45, 2.75) is 13.0 Å². The lowest BCUT2D eigenvalue weighted by Crippen LogP contribution is -2.51. The summed E-state index contributed by atoms with van der Waals surface area (Å²) in [5.41, 5.74) is 3.23. The molecule has 0 bridgehead atoms. The highest BCUT2D eigenvalue weighted by Crippen LogP contribution is 2.30. The largest absolute Gasteiger partial charge is 0.334 e. The normalized spacial score (nSPS) is 13.9. The van der Waals surface area contributed by atoms with Crippen LogP contribution in [0.2, 0.25) is 0 Å². The monoisotopic (exact) mass is 342 g/mol. The van der Waals surface area contributed by atoms with E-state index in [2.05, 4.69) is 15.6 Å². The van der Waals surface area contributed by atoms with Crippen LogP contribution in [-0.4, -0.2) is 33.4 Å². The number of aryl methyl sites for hydroxylation is 1. The first-order chi connectivity index (χ1) is 12.7. The number of benzene rings is 2. The highest BCUT2D eigenvalue weighted by molar-refractivity contribution is 5.95. The molecule has 1 aliphatic heterocycles. The number of amides is 1. The average Bonchev–Trinajstić information content (AvgIpc) is 3.02. The summed E-state index contributed by atoms with van der Waals surface area (Å²) in [6, 6.07) is 19.2. The number of nitriles is 1. The summed E-state index contributed by atoms with van der Waals surface area (Å²) >= 11 is 0. The topological polar surface area (TPSA) is 61.9 Å². The average molecular weight is 342 g/mol. The number of carbonyl (C=O) groups is 1. The predicted molar refractivity (Wildman–Crippen MR) is 98.5 cm³/mol. The minimum atomic E-state index is -0.0302. The molecule has 128 valence electrons. The van der Waals surface area contributed by atoms with Crippen molar-refractivity contribution in [2.24, 2.45) is 0 Å². The van der Waals surface area contributed by atoms with Gasteiger partial charge in [0.15, 0.2) is 0 Å². The molecule has 2 heterocycles. The van der Waals surface area contributed by atoms with Gasteiger partial charge in [0.1, 0.15) is 5.82 Å². The van der Waals surface area contributed by atoms with Gasteiger partial charge in [-0.3, -0.25) is 4.79 Å². The lowest BCUT2D eigenvalue weighted by atomic mass is 10.0. The van der Waals surface area contributed by atoms with Gasteiger partial charge >= 0.3 is 0 Å². The Morgan fingerprint density at radius 1 is 1.15 bits per heavy atom. The summed E-state index contributed by atoms with van der Waals surface area (Å²) in [6.07, 6.45) is 1.88. The van der Waals surface area contributed by atoms with E-state index in [-0.39, 0.29) is 11.9 Å². The van der Waals surface area contributed by atoms with Gasteiger partial charge in [0.25, 0.3) is 5.91 Å². The Kier molecular flexibility index (Phi) is 4.02. The van der Waals surface area contributed by atoms with Gasteiger partial charge in [0.2, 0.25) is 0 Å². The van der Waals surface area contributed by atoms with E-state index in [4.69, 9.17) is 5.26 Å². The highest BCUT2D eigenvalue weighted by atomic mass is 16.2. The van der Waals surface area contributed by atoms with Crippen molar-refractivity contribution < 1.29 is 4.79 Å². The molecule has 0 saturated carbocycles. The van der Waals surface area contributed by atoms with Crippen molar-refractivity contribution >= 4 is 5.91 Å². The zero-order valence-electron chi connectivity index (χ0n) is 14.5. The second-order valence-corrected chi connectivity index (χ2v) is 6.52. The molecule has 1 saturated heterocycles. The summed E-state index contributed by atoms with van der Waals surface area (Å²) < 4.78 is 2.21. The first kappa shape index (κ1) is 16.1. The summed E-state index contributed by atoms with van der Waals surface area (Å²) in [7, 11) is 0. The van der Waals surface area contributed by atoms with Gasteiger partial charge < -0.3 is 9.47 Å². The Hall–Kier alpha value is -3.39. The minimum Gasteiger partial charge on any atom is -0.334 e. The third-order valence-electron chi connectivity index (χ3n) is 4.77. The number of nitrogens with zero attached hydrogens (tertiary/aromatic N) is 4. The van der Waals surface area contributed by atoms with Crippen molar-refractivity contribution in [3.8, 4) is 17.5 Å². The van der Waals surface area contributed by atoms with Crippen LogP contribution < -0.4 is 0 Å². The van der Waals surface area contributed by atoms with E-state index < -0.39 is 0 Å². The fourth-order valence-corrected chi connectivity index (χ4v) is 3.40. The molecule has 26 heavy (non-hydrogen) atoms. The SMILES string of the molecule is Cc1cnc(-c2ccccc2)n1C1CN(C(=O)c2cccc(C#N)c2)C1. The van der Waals surface area contributed by atoms with Crippen molar-refractivity contribution in [2.75, 3.05) is 13.1 Å². The Labute approximate surface area is 152 Å². The second kappa shape index (κ2) is 6.49. The molecule has 0 N–H and O–H groups in total. The zero-order chi connectivity index (χ0) is 18.1. The van der Waals surface area contributed by atoms with E-state index in [0.717, 1.165) is 17.1 Å². The van der Waals surface area contributed by atoms with Crippen LogP contribution in [0.1, 0.15) is 27.7 Å². The molecule has 0 spiro atoms. The molecule has 0 radical (unpaired) electrons. The number of imidazole rings is 1. The van der Waals surface area contributed by atoms with Crippen LogP contribution in [0.3, 0.4) is 0 Å². The fraction of sp³-hybridized carbons (Fsp3) is 0.190. The van der Waals surface area contributed by atoms with Gasteiger partial charge in [0.05, 0.1) is 17.7 Å². The summed E-state index contributed by atoms with van der Waals surface area (Å²) in [5.74, 6) is 0.907. The van der Waals surface area contributed by atoms with Gasteiger partial charge in [0, 0.05) is 36.1 Å². The van der Waals surface area contributed by atoms with Crippen molar-refractivity contribution in [3.05, 3.63) is 77.6 Å². The molecule has 0 atom stereocenters. The lowest BCUT2D eigenvalue weighted by Gasteiger charge is -2.41. The molecular weight excluding hydrogens is 324 g/mol. The molecule has 0 aliphatic carbocycles. The third kappa shape index (κ3) is 2.76. The molecule has 1 aromatic heterocycles. The second-order valence-electron chi connectivity index (χ2n) is 6.52. The number of aromatic nitrogens is 2. The first-order valence-electron chi connectivity index (χ1n) is 8.56. The quantitative estimate of drug-likeness (QED) is 0.732.